The molecule has 0 aliphatic rings. The molecule has 2 N–H and O–H groups in total. The van der Waals surface area contributed by atoms with Gasteiger partial charge in [0, 0.05) is 17.0 Å². The number of furan rings is 1. The van der Waals surface area contributed by atoms with E-state index in [2.05, 4.69) is 0 Å². The van der Waals surface area contributed by atoms with Crippen LogP contribution in [0.2, 0.25) is 0 Å². The lowest BCUT2D eigenvalue weighted by Gasteiger charge is -2.13. The fraction of sp³-hybridized carbons (Fsp3) is 0.176. The maximum absolute atomic E-state index is 6.35. The Morgan fingerprint density at radius 2 is 1.85 bits per heavy atom. The minimum Gasteiger partial charge on any atom is -0.496 e. The molecular weight excluding hydrogens is 250 g/mol. The van der Waals surface area contributed by atoms with E-state index >= 15 is 0 Å². The molecule has 3 rings (SSSR count). The van der Waals surface area contributed by atoms with Crippen molar-refractivity contribution in [2.75, 3.05) is 7.11 Å². The van der Waals surface area contributed by atoms with E-state index in [0.717, 1.165) is 27.8 Å². The second kappa shape index (κ2) is 5.39. The van der Waals surface area contributed by atoms with Gasteiger partial charge in [-0.3, -0.25) is 0 Å². The van der Waals surface area contributed by atoms with Crippen molar-refractivity contribution in [3.8, 4) is 5.75 Å². The van der Waals surface area contributed by atoms with Gasteiger partial charge in [-0.2, -0.15) is 0 Å². The number of fused-ring (bicyclic) bond motifs is 1. The summed E-state index contributed by atoms with van der Waals surface area (Å²) in [5.74, 6) is 0.871. The van der Waals surface area contributed by atoms with Gasteiger partial charge in [0.2, 0.25) is 0 Å². The van der Waals surface area contributed by atoms with E-state index < -0.39 is 0 Å². The lowest BCUT2D eigenvalue weighted by atomic mass is 9.98. The van der Waals surface area contributed by atoms with Gasteiger partial charge < -0.3 is 14.9 Å². The van der Waals surface area contributed by atoms with Crippen molar-refractivity contribution < 1.29 is 9.15 Å². The highest BCUT2D eigenvalue weighted by molar-refractivity contribution is 5.81. The molecule has 0 bridgehead atoms. The van der Waals surface area contributed by atoms with Crippen LogP contribution in [0.1, 0.15) is 17.2 Å². The summed E-state index contributed by atoms with van der Waals surface area (Å²) >= 11 is 0. The number of para-hydroxylation sites is 2. The molecule has 2 aromatic carbocycles. The maximum Gasteiger partial charge on any atom is 0.134 e. The van der Waals surface area contributed by atoms with Gasteiger partial charge in [-0.25, -0.2) is 0 Å². The predicted molar refractivity (Wildman–Crippen MR) is 79.8 cm³/mol. The topological polar surface area (TPSA) is 48.4 Å². The molecular formula is C17H17NO2. The molecule has 0 aliphatic carbocycles. The van der Waals surface area contributed by atoms with Crippen LogP contribution in [0.4, 0.5) is 0 Å². The third-order valence-electron chi connectivity index (χ3n) is 3.54. The molecule has 0 radical (unpaired) electrons. The van der Waals surface area contributed by atoms with Crippen LogP contribution in [-0.2, 0) is 6.42 Å². The summed E-state index contributed by atoms with van der Waals surface area (Å²) < 4.78 is 10.9. The van der Waals surface area contributed by atoms with E-state index in [-0.39, 0.29) is 6.04 Å². The van der Waals surface area contributed by atoms with Crippen molar-refractivity contribution in [1.82, 2.24) is 0 Å². The van der Waals surface area contributed by atoms with E-state index in [4.69, 9.17) is 14.9 Å². The summed E-state index contributed by atoms with van der Waals surface area (Å²) in [6, 6.07) is 15.8. The average Bonchev–Trinajstić information content (AvgIpc) is 2.92. The first-order valence-corrected chi connectivity index (χ1v) is 6.63. The largest absolute Gasteiger partial charge is 0.496 e. The lowest BCUT2D eigenvalue weighted by Crippen LogP contribution is -2.13. The molecule has 1 aromatic heterocycles. The number of hydrogen-bond acceptors (Lipinski definition) is 3. The van der Waals surface area contributed by atoms with E-state index in [9.17, 15) is 0 Å². The van der Waals surface area contributed by atoms with Crippen molar-refractivity contribution in [3.05, 3.63) is 65.9 Å². The number of hydrogen-bond donors (Lipinski definition) is 1. The van der Waals surface area contributed by atoms with Gasteiger partial charge in [-0.15, -0.1) is 0 Å². The first-order valence-electron chi connectivity index (χ1n) is 6.63. The lowest BCUT2D eigenvalue weighted by molar-refractivity contribution is 0.408. The highest BCUT2D eigenvalue weighted by atomic mass is 16.5. The minimum absolute atomic E-state index is 0.116. The fourth-order valence-corrected chi connectivity index (χ4v) is 2.50. The van der Waals surface area contributed by atoms with Crippen molar-refractivity contribution in [2.45, 2.75) is 12.5 Å². The summed E-state index contributed by atoms with van der Waals surface area (Å²) in [4.78, 5) is 0. The van der Waals surface area contributed by atoms with Crippen LogP contribution in [-0.4, -0.2) is 7.11 Å². The van der Waals surface area contributed by atoms with Crippen molar-refractivity contribution in [1.29, 1.82) is 0 Å². The quantitative estimate of drug-likeness (QED) is 0.784. The van der Waals surface area contributed by atoms with Gasteiger partial charge in [0.1, 0.15) is 11.3 Å². The Morgan fingerprint density at radius 3 is 2.70 bits per heavy atom. The zero-order valence-corrected chi connectivity index (χ0v) is 11.4. The van der Waals surface area contributed by atoms with Crippen LogP contribution in [0.5, 0.6) is 5.75 Å². The van der Waals surface area contributed by atoms with E-state index in [1.807, 2.05) is 48.5 Å². The van der Waals surface area contributed by atoms with Crippen LogP contribution < -0.4 is 10.5 Å². The van der Waals surface area contributed by atoms with Gasteiger partial charge in [-0.1, -0.05) is 36.4 Å². The number of nitrogens with two attached hydrogens (primary N) is 1. The summed E-state index contributed by atoms with van der Waals surface area (Å²) in [6.07, 6.45) is 2.47. The van der Waals surface area contributed by atoms with Crippen molar-refractivity contribution >= 4 is 11.0 Å². The third-order valence-corrected chi connectivity index (χ3v) is 3.54. The molecule has 0 amide bonds. The van der Waals surface area contributed by atoms with Gasteiger partial charge in [0.05, 0.1) is 13.4 Å². The summed E-state index contributed by atoms with van der Waals surface area (Å²) in [7, 11) is 1.68. The van der Waals surface area contributed by atoms with Crippen LogP contribution in [0, 0.1) is 0 Å². The van der Waals surface area contributed by atoms with Crippen LogP contribution >= 0.6 is 0 Å². The second-order valence-corrected chi connectivity index (χ2v) is 4.81. The number of ether oxygens (including phenoxy) is 1. The Labute approximate surface area is 118 Å². The predicted octanol–water partition coefficient (Wildman–Crippen LogP) is 3.68. The van der Waals surface area contributed by atoms with Gasteiger partial charge in [0.25, 0.3) is 0 Å². The first-order chi connectivity index (χ1) is 9.79. The zero-order valence-electron chi connectivity index (χ0n) is 11.4. The first kappa shape index (κ1) is 12.8. The minimum atomic E-state index is -0.116. The molecule has 3 aromatic rings. The molecule has 3 nitrogen and oxygen atoms in total. The van der Waals surface area contributed by atoms with Crippen LogP contribution in [0.15, 0.2) is 59.2 Å². The third kappa shape index (κ3) is 2.28. The number of methoxy groups -OCH3 is 1. The normalized spacial score (nSPS) is 12.5. The smallest absolute Gasteiger partial charge is 0.134 e. The fourth-order valence-electron chi connectivity index (χ4n) is 2.50. The monoisotopic (exact) mass is 267 g/mol. The highest BCUT2D eigenvalue weighted by Gasteiger charge is 2.15. The number of benzene rings is 2. The number of rotatable bonds is 4. The molecule has 20 heavy (non-hydrogen) atoms. The molecule has 102 valence electrons. The molecule has 0 saturated heterocycles. The van der Waals surface area contributed by atoms with E-state index in [1.165, 1.54) is 0 Å². The molecule has 0 spiro atoms. The standard InChI is InChI=1S/C17H17NO2/c1-19-16-8-4-2-6-12(16)10-15(18)14-11-20-17-9-5-3-7-13(14)17/h2-9,11,15H,10,18H2,1H3. The Kier molecular flexibility index (Phi) is 3.44. The van der Waals surface area contributed by atoms with Gasteiger partial charge >= 0.3 is 0 Å². The summed E-state index contributed by atoms with van der Waals surface area (Å²) in [5.41, 5.74) is 9.36. The van der Waals surface area contributed by atoms with Crippen molar-refractivity contribution in [2.24, 2.45) is 5.73 Å². The Hall–Kier alpha value is -2.26. The summed E-state index contributed by atoms with van der Waals surface area (Å²) in [5, 5.41) is 1.08. The SMILES string of the molecule is COc1ccccc1CC(N)c1coc2ccccc12. The average molecular weight is 267 g/mol. The molecule has 0 fully saturated rings. The van der Waals surface area contributed by atoms with Gasteiger partial charge in [0.15, 0.2) is 0 Å². The van der Waals surface area contributed by atoms with E-state index in [1.54, 1.807) is 13.4 Å². The summed E-state index contributed by atoms with van der Waals surface area (Å²) in [6.45, 7) is 0. The Morgan fingerprint density at radius 1 is 1.10 bits per heavy atom. The molecule has 0 aliphatic heterocycles. The zero-order chi connectivity index (χ0) is 13.9. The maximum atomic E-state index is 6.35. The Balaban J connectivity index is 1.91. The molecule has 0 saturated carbocycles. The second-order valence-electron chi connectivity index (χ2n) is 4.81. The van der Waals surface area contributed by atoms with E-state index in [0.29, 0.717) is 6.42 Å². The van der Waals surface area contributed by atoms with Crippen molar-refractivity contribution in [3.63, 3.8) is 0 Å². The van der Waals surface area contributed by atoms with Crippen LogP contribution in [0.25, 0.3) is 11.0 Å². The van der Waals surface area contributed by atoms with Gasteiger partial charge in [-0.05, 0) is 24.1 Å². The molecule has 1 atom stereocenters. The molecule has 1 heterocycles. The molecule has 3 heteroatoms. The highest BCUT2D eigenvalue weighted by Crippen LogP contribution is 2.29. The molecule has 1 unspecified atom stereocenters. The Bertz CT molecular complexity index is 718. The van der Waals surface area contributed by atoms with Crippen LogP contribution in [0.3, 0.4) is 0 Å².